The standard InChI is InChI=1S/C17H12Br3NO3/c18-10-1-2-15-11(8-10)12(17(23)21-15)5-9-6-13(19)16(14(20)7-9)24-4-3-22/h1-2,5-8,22H,3-4H2,(H,21,23). The van der Waals surface area contributed by atoms with Crippen molar-refractivity contribution in [3.05, 3.63) is 54.9 Å². The predicted molar refractivity (Wildman–Crippen MR) is 105 cm³/mol. The molecule has 24 heavy (non-hydrogen) atoms. The molecule has 2 aromatic carbocycles. The second kappa shape index (κ2) is 7.39. The Labute approximate surface area is 164 Å². The summed E-state index contributed by atoms with van der Waals surface area (Å²) in [6, 6.07) is 9.42. The molecule has 2 N–H and O–H groups in total. The van der Waals surface area contributed by atoms with Gasteiger partial charge < -0.3 is 15.2 Å². The van der Waals surface area contributed by atoms with Gasteiger partial charge in [-0.1, -0.05) is 15.9 Å². The zero-order chi connectivity index (χ0) is 17.3. The van der Waals surface area contributed by atoms with Gasteiger partial charge in [-0.25, -0.2) is 0 Å². The number of hydrogen-bond donors (Lipinski definition) is 2. The second-order valence-electron chi connectivity index (χ2n) is 5.09. The number of anilines is 1. The lowest BCUT2D eigenvalue weighted by molar-refractivity contribution is -0.110. The van der Waals surface area contributed by atoms with E-state index in [2.05, 4.69) is 53.1 Å². The molecule has 124 valence electrons. The fraction of sp³-hybridized carbons (Fsp3) is 0.118. The number of ether oxygens (including phenoxy) is 1. The van der Waals surface area contributed by atoms with Gasteiger partial charge in [-0.15, -0.1) is 0 Å². The molecule has 0 saturated heterocycles. The van der Waals surface area contributed by atoms with Crippen LogP contribution < -0.4 is 10.1 Å². The third-order valence-corrected chi connectivity index (χ3v) is 5.11. The summed E-state index contributed by atoms with van der Waals surface area (Å²) in [5, 5.41) is 11.7. The minimum absolute atomic E-state index is 0.0590. The first-order valence-corrected chi connectivity index (χ1v) is 9.43. The Morgan fingerprint density at radius 1 is 1.12 bits per heavy atom. The number of carbonyl (C=O) groups excluding carboxylic acids is 1. The highest BCUT2D eigenvalue weighted by atomic mass is 79.9. The minimum atomic E-state index is -0.129. The summed E-state index contributed by atoms with van der Waals surface area (Å²) < 4.78 is 7.88. The number of nitrogens with one attached hydrogen (secondary N) is 1. The fourth-order valence-corrected chi connectivity index (χ4v) is 4.23. The number of rotatable bonds is 4. The number of amides is 1. The van der Waals surface area contributed by atoms with E-state index < -0.39 is 0 Å². The maximum Gasteiger partial charge on any atom is 0.256 e. The molecule has 0 aliphatic carbocycles. The van der Waals surface area contributed by atoms with Gasteiger partial charge >= 0.3 is 0 Å². The van der Waals surface area contributed by atoms with Gasteiger partial charge in [0.15, 0.2) is 0 Å². The lowest BCUT2D eigenvalue weighted by Gasteiger charge is -2.10. The van der Waals surface area contributed by atoms with Gasteiger partial charge in [0.25, 0.3) is 5.91 Å². The molecule has 0 bridgehead atoms. The monoisotopic (exact) mass is 515 g/mol. The van der Waals surface area contributed by atoms with Crippen LogP contribution in [0.2, 0.25) is 0 Å². The molecule has 0 radical (unpaired) electrons. The van der Waals surface area contributed by atoms with Crippen LogP contribution in [0.25, 0.3) is 11.6 Å². The van der Waals surface area contributed by atoms with Crippen LogP contribution in [-0.4, -0.2) is 24.2 Å². The molecule has 0 fully saturated rings. The van der Waals surface area contributed by atoms with Crippen molar-refractivity contribution < 1.29 is 14.6 Å². The normalized spacial score (nSPS) is 14.7. The van der Waals surface area contributed by atoms with Crippen molar-refractivity contribution in [1.82, 2.24) is 0 Å². The number of halogens is 3. The van der Waals surface area contributed by atoms with Crippen LogP contribution in [0.15, 0.2) is 43.7 Å². The topological polar surface area (TPSA) is 58.6 Å². The van der Waals surface area contributed by atoms with Crippen molar-refractivity contribution in [2.75, 3.05) is 18.5 Å². The molecular weight excluding hydrogens is 506 g/mol. The van der Waals surface area contributed by atoms with Crippen molar-refractivity contribution in [3.8, 4) is 5.75 Å². The molecule has 0 saturated carbocycles. The molecule has 1 aliphatic heterocycles. The number of benzene rings is 2. The highest BCUT2D eigenvalue weighted by Gasteiger charge is 2.24. The van der Waals surface area contributed by atoms with E-state index in [1.54, 1.807) is 0 Å². The van der Waals surface area contributed by atoms with Gasteiger partial charge in [-0.05, 0) is 73.8 Å². The molecule has 1 aliphatic rings. The van der Waals surface area contributed by atoms with E-state index >= 15 is 0 Å². The van der Waals surface area contributed by atoms with Gasteiger partial charge in [0, 0.05) is 21.3 Å². The van der Waals surface area contributed by atoms with E-state index in [0.29, 0.717) is 11.3 Å². The van der Waals surface area contributed by atoms with Crippen molar-refractivity contribution in [2.45, 2.75) is 0 Å². The van der Waals surface area contributed by atoms with Gasteiger partial charge in [-0.2, -0.15) is 0 Å². The first-order valence-electron chi connectivity index (χ1n) is 7.05. The maximum absolute atomic E-state index is 12.3. The van der Waals surface area contributed by atoms with Gasteiger partial charge in [0.05, 0.1) is 15.6 Å². The van der Waals surface area contributed by atoms with E-state index in [-0.39, 0.29) is 19.1 Å². The Kier molecular flexibility index (Phi) is 5.44. The molecule has 0 atom stereocenters. The van der Waals surface area contributed by atoms with E-state index in [4.69, 9.17) is 9.84 Å². The third kappa shape index (κ3) is 3.59. The smallest absolute Gasteiger partial charge is 0.256 e. The first kappa shape index (κ1) is 17.7. The lowest BCUT2D eigenvalue weighted by Crippen LogP contribution is -2.04. The summed E-state index contributed by atoms with van der Waals surface area (Å²) >= 11 is 10.4. The summed E-state index contributed by atoms with van der Waals surface area (Å²) in [4.78, 5) is 12.3. The van der Waals surface area contributed by atoms with Crippen molar-refractivity contribution >= 4 is 71.0 Å². The largest absolute Gasteiger partial charge is 0.489 e. The van der Waals surface area contributed by atoms with Crippen LogP contribution in [0, 0.1) is 0 Å². The van der Waals surface area contributed by atoms with Gasteiger partial charge in [-0.3, -0.25) is 4.79 Å². The number of aliphatic hydroxyl groups excluding tert-OH is 1. The maximum atomic E-state index is 12.3. The zero-order valence-electron chi connectivity index (χ0n) is 12.3. The van der Waals surface area contributed by atoms with Crippen LogP contribution in [0.4, 0.5) is 5.69 Å². The Morgan fingerprint density at radius 3 is 2.50 bits per heavy atom. The van der Waals surface area contributed by atoms with Crippen LogP contribution in [0.5, 0.6) is 5.75 Å². The minimum Gasteiger partial charge on any atom is -0.489 e. The van der Waals surface area contributed by atoms with E-state index in [9.17, 15) is 4.79 Å². The number of carbonyl (C=O) groups is 1. The molecule has 4 nitrogen and oxygen atoms in total. The molecule has 3 rings (SSSR count). The molecule has 1 heterocycles. The summed E-state index contributed by atoms with van der Waals surface area (Å²) in [6.45, 7) is 0.151. The van der Waals surface area contributed by atoms with Gasteiger partial charge in [0.2, 0.25) is 0 Å². The Morgan fingerprint density at radius 2 is 1.83 bits per heavy atom. The summed E-state index contributed by atoms with van der Waals surface area (Å²) in [7, 11) is 0. The average Bonchev–Trinajstić information content (AvgIpc) is 2.82. The van der Waals surface area contributed by atoms with Gasteiger partial charge in [0.1, 0.15) is 12.4 Å². The van der Waals surface area contributed by atoms with E-state index in [1.807, 2.05) is 36.4 Å². The lowest BCUT2D eigenvalue weighted by atomic mass is 10.0. The average molecular weight is 518 g/mol. The summed E-state index contributed by atoms with van der Waals surface area (Å²) in [6.07, 6.45) is 1.83. The SMILES string of the molecule is O=C1Nc2ccc(Br)cc2C1=Cc1cc(Br)c(OCCO)c(Br)c1. The molecular formula is C17H12Br3NO3. The van der Waals surface area contributed by atoms with Crippen LogP contribution in [0.3, 0.4) is 0 Å². The van der Waals surface area contributed by atoms with Crippen LogP contribution >= 0.6 is 47.8 Å². The van der Waals surface area contributed by atoms with E-state index in [1.165, 1.54) is 0 Å². The molecule has 7 heteroatoms. The number of hydrogen-bond acceptors (Lipinski definition) is 3. The quantitative estimate of drug-likeness (QED) is 0.571. The van der Waals surface area contributed by atoms with E-state index in [0.717, 1.165) is 30.2 Å². The Hall–Kier alpha value is -1.15. The fourth-order valence-electron chi connectivity index (χ4n) is 2.42. The molecule has 2 aromatic rings. The molecule has 1 amide bonds. The highest BCUT2D eigenvalue weighted by Crippen LogP contribution is 2.38. The van der Waals surface area contributed by atoms with Crippen molar-refractivity contribution in [1.29, 1.82) is 0 Å². The van der Waals surface area contributed by atoms with Crippen molar-refractivity contribution in [2.24, 2.45) is 0 Å². The second-order valence-corrected chi connectivity index (χ2v) is 7.71. The zero-order valence-corrected chi connectivity index (χ0v) is 17.0. The highest BCUT2D eigenvalue weighted by molar-refractivity contribution is 9.11. The molecule has 0 aromatic heterocycles. The van der Waals surface area contributed by atoms with Crippen molar-refractivity contribution in [3.63, 3.8) is 0 Å². The number of aliphatic hydroxyl groups is 1. The predicted octanol–water partition coefficient (Wildman–Crippen LogP) is 4.84. The summed E-state index contributed by atoms with van der Waals surface area (Å²) in [5.74, 6) is 0.487. The molecule has 0 spiro atoms. The summed E-state index contributed by atoms with van der Waals surface area (Å²) in [5.41, 5.74) is 3.12. The van der Waals surface area contributed by atoms with Crippen LogP contribution in [-0.2, 0) is 4.79 Å². The first-order chi connectivity index (χ1) is 11.5. The third-order valence-electron chi connectivity index (χ3n) is 3.43. The molecule has 0 unspecified atom stereocenters. The Balaban J connectivity index is 2.01. The van der Waals surface area contributed by atoms with Crippen LogP contribution in [0.1, 0.15) is 11.1 Å². The number of fused-ring (bicyclic) bond motifs is 1. The Bertz CT molecular complexity index is 826.